The van der Waals surface area contributed by atoms with Gasteiger partial charge in [0, 0.05) is 33.2 Å². The zero-order valence-electron chi connectivity index (χ0n) is 10.7. The quantitative estimate of drug-likeness (QED) is 0.551. The third kappa shape index (κ3) is 5.53. The lowest BCUT2D eigenvalue weighted by molar-refractivity contribution is -0.122. The van der Waals surface area contributed by atoms with Crippen LogP contribution < -0.4 is 16.0 Å². The molecule has 1 atom stereocenters. The Morgan fingerprint density at radius 2 is 1.94 bits per heavy atom. The molecule has 0 radical (unpaired) electrons. The van der Waals surface area contributed by atoms with E-state index < -0.39 is 0 Å². The first kappa shape index (κ1) is 13.8. The van der Waals surface area contributed by atoms with Gasteiger partial charge in [0.05, 0.1) is 6.04 Å². The fourth-order valence-electron chi connectivity index (χ4n) is 1.26. The zero-order valence-corrected chi connectivity index (χ0v) is 10.7. The van der Waals surface area contributed by atoms with Crippen molar-refractivity contribution < 1.29 is 9.59 Å². The highest BCUT2D eigenvalue weighted by atomic mass is 16.2. The summed E-state index contributed by atoms with van der Waals surface area (Å²) in [5, 5.41) is 8.71. The molecule has 0 spiro atoms. The molecule has 1 rings (SSSR count). The van der Waals surface area contributed by atoms with E-state index in [0.717, 1.165) is 12.8 Å². The molecule has 1 fully saturated rings. The van der Waals surface area contributed by atoms with Gasteiger partial charge in [-0.2, -0.15) is 0 Å². The molecule has 0 aliphatic heterocycles. The van der Waals surface area contributed by atoms with Crippen molar-refractivity contribution in [3.8, 4) is 0 Å². The summed E-state index contributed by atoms with van der Waals surface area (Å²) in [4.78, 5) is 24.2. The van der Waals surface area contributed by atoms with Gasteiger partial charge in [-0.25, -0.2) is 4.79 Å². The Morgan fingerprint density at radius 1 is 1.29 bits per heavy atom. The van der Waals surface area contributed by atoms with E-state index in [4.69, 9.17) is 0 Å². The van der Waals surface area contributed by atoms with E-state index in [9.17, 15) is 9.59 Å². The lowest BCUT2D eigenvalue weighted by Gasteiger charge is -2.15. The molecule has 98 valence electrons. The van der Waals surface area contributed by atoms with Gasteiger partial charge in [-0.3, -0.25) is 4.79 Å². The van der Waals surface area contributed by atoms with Gasteiger partial charge in [0.15, 0.2) is 0 Å². The van der Waals surface area contributed by atoms with Gasteiger partial charge in [0.1, 0.15) is 0 Å². The Bertz CT molecular complexity index is 277. The van der Waals surface area contributed by atoms with E-state index >= 15 is 0 Å². The van der Waals surface area contributed by atoms with Crippen LogP contribution in [0.5, 0.6) is 0 Å². The van der Waals surface area contributed by atoms with Crippen molar-refractivity contribution in [2.24, 2.45) is 0 Å². The largest absolute Gasteiger partial charge is 0.352 e. The third-order valence-electron chi connectivity index (χ3n) is 2.57. The lowest BCUT2D eigenvalue weighted by Crippen LogP contribution is -2.46. The van der Waals surface area contributed by atoms with Gasteiger partial charge in [-0.1, -0.05) is 0 Å². The maximum Gasteiger partial charge on any atom is 0.316 e. The second kappa shape index (κ2) is 6.44. The molecule has 0 aromatic heterocycles. The predicted molar refractivity (Wildman–Crippen MR) is 65.7 cm³/mol. The molecule has 6 heteroatoms. The highest BCUT2D eigenvalue weighted by Gasteiger charge is 2.25. The summed E-state index contributed by atoms with van der Waals surface area (Å²) in [5.41, 5.74) is 0. The molecule has 6 nitrogen and oxygen atoms in total. The van der Waals surface area contributed by atoms with Gasteiger partial charge in [-0.15, -0.1) is 0 Å². The Labute approximate surface area is 102 Å². The molecule has 0 bridgehead atoms. The number of rotatable bonds is 6. The molecule has 1 saturated carbocycles. The molecule has 0 saturated heterocycles. The highest BCUT2D eigenvalue weighted by Crippen LogP contribution is 2.18. The average Bonchev–Trinajstić information content (AvgIpc) is 3.07. The Hall–Kier alpha value is -1.30. The monoisotopic (exact) mass is 242 g/mol. The summed E-state index contributed by atoms with van der Waals surface area (Å²) in [6.45, 7) is 2.92. The van der Waals surface area contributed by atoms with E-state index in [-0.39, 0.29) is 18.0 Å². The molecule has 3 N–H and O–H groups in total. The SMILES string of the molecule is CC(NCCNC(=O)N(C)C)C(=O)NC1CC1. The van der Waals surface area contributed by atoms with Crippen LogP contribution in [0.15, 0.2) is 0 Å². The van der Waals surface area contributed by atoms with Crippen LogP contribution in [0.1, 0.15) is 19.8 Å². The molecule has 1 unspecified atom stereocenters. The topological polar surface area (TPSA) is 73.5 Å². The number of amides is 3. The Balaban J connectivity index is 2.04. The van der Waals surface area contributed by atoms with Crippen LogP contribution in [0.25, 0.3) is 0 Å². The maximum atomic E-state index is 11.6. The van der Waals surface area contributed by atoms with E-state index in [1.54, 1.807) is 14.1 Å². The standard InChI is InChI=1S/C11H22N4O2/c1-8(10(16)14-9-4-5-9)12-6-7-13-11(17)15(2)3/h8-9,12H,4-7H2,1-3H3,(H,13,17)(H,14,16). The molecule has 3 amide bonds. The number of carbonyl (C=O) groups excluding carboxylic acids is 2. The minimum absolute atomic E-state index is 0.0337. The molecular weight excluding hydrogens is 220 g/mol. The number of carbonyl (C=O) groups is 2. The van der Waals surface area contributed by atoms with Crippen LogP contribution in [0.4, 0.5) is 4.79 Å². The first-order chi connectivity index (χ1) is 8.00. The van der Waals surface area contributed by atoms with Crippen molar-refractivity contribution in [1.82, 2.24) is 20.9 Å². The minimum Gasteiger partial charge on any atom is -0.352 e. The van der Waals surface area contributed by atoms with Crippen LogP contribution in [0.3, 0.4) is 0 Å². The highest BCUT2D eigenvalue weighted by molar-refractivity contribution is 5.81. The predicted octanol–water partition coefficient (Wildman–Crippen LogP) is -0.486. The molecule has 0 aromatic rings. The zero-order chi connectivity index (χ0) is 12.8. The van der Waals surface area contributed by atoms with Crippen molar-refractivity contribution in [3.63, 3.8) is 0 Å². The number of hydrogen-bond donors (Lipinski definition) is 3. The normalized spacial score (nSPS) is 16.2. The maximum absolute atomic E-state index is 11.6. The van der Waals surface area contributed by atoms with E-state index in [0.29, 0.717) is 19.1 Å². The fourth-order valence-corrected chi connectivity index (χ4v) is 1.26. The van der Waals surface area contributed by atoms with Gasteiger partial charge in [0.2, 0.25) is 5.91 Å². The average molecular weight is 242 g/mol. The van der Waals surface area contributed by atoms with Gasteiger partial charge in [0.25, 0.3) is 0 Å². The van der Waals surface area contributed by atoms with E-state index in [2.05, 4.69) is 16.0 Å². The minimum atomic E-state index is -0.216. The Morgan fingerprint density at radius 3 is 2.47 bits per heavy atom. The molecular formula is C11H22N4O2. The summed E-state index contributed by atoms with van der Waals surface area (Å²) < 4.78 is 0. The van der Waals surface area contributed by atoms with Crippen LogP contribution in [0, 0.1) is 0 Å². The molecule has 0 aromatic carbocycles. The second-order valence-corrected chi connectivity index (χ2v) is 4.59. The number of nitrogens with zero attached hydrogens (tertiary/aromatic N) is 1. The summed E-state index contributed by atoms with van der Waals surface area (Å²) in [6, 6.07) is 0.0499. The third-order valence-corrected chi connectivity index (χ3v) is 2.57. The molecule has 1 aliphatic carbocycles. The molecule has 0 heterocycles. The number of hydrogen-bond acceptors (Lipinski definition) is 3. The van der Waals surface area contributed by atoms with Crippen LogP contribution >= 0.6 is 0 Å². The van der Waals surface area contributed by atoms with Crippen molar-refractivity contribution in [1.29, 1.82) is 0 Å². The van der Waals surface area contributed by atoms with Crippen LogP contribution in [0.2, 0.25) is 0 Å². The smallest absolute Gasteiger partial charge is 0.316 e. The summed E-state index contributed by atoms with van der Waals surface area (Å²) >= 11 is 0. The van der Waals surface area contributed by atoms with Crippen molar-refractivity contribution >= 4 is 11.9 Å². The van der Waals surface area contributed by atoms with Crippen molar-refractivity contribution in [3.05, 3.63) is 0 Å². The van der Waals surface area contributed by atoms with Crippen molar-refractivity contribution in [2.45, 2.75) is 31.8 Å². The fraction of sp³-hybridized carbons (Fsp3) is 0.818. The first-order valence-electron chi connectivity index (χ1n) is 5.99. The summed E-state index contributed by atoms with van der Waals surface area (Å²) in [5.74, 6) is 0.0337. The van der Waals surface area contributed by atoms with Gasteiger partial charge in [-0.05, 0) is 19.8 Å². The number of nitrogens with one attached hydrogen (secondary N) is 3. The van der Waals surface area contributed by atoms with Crippen LogP contribution in [-0.2, 0) is 4.79 Å². The van der Waals surface area contributed by atoms with E-state index in [1.165, 1.54) is 4.90 Å². The number of urea groups is 1. The van der Waals surface area contributed by atoms with E-state index in [1.807, 2.05) is 6.92 Å². The second-order valence-electron chi connectivity index (χ2n) is 4.59. The first-order valence-corrected chi connectivity index (χ1v) is 5.99. The van der Waals surface area contributed by atoms with Crippen LogP contribution in [-0.4, -0.2) is 56.1 Å². The van der Waals surface area contributed by atoms with Crippen molar-refractivity contribution in [2.75, 3.05) is 27.2 Å². The summed E-state index contributed by atoms with van der Waals surface area (Å²) in [6.07, 6.45) is 2.19. The van der Waals surface area contributed by atoms with Gasteiger partial charge < -0.3 is 20.9 Å². The molecule has 1 aliphatic rings. The lowest BCUT2D eigenvalue weighted by atomic mass is 10.3. The molecule has 17 heavy (non-hydrogen) atoms. The van der Waals surface area contributed by atoms with Gasteiger partial charge >= 0.3 is 6.03 Å². The Kier molecular flexibility index (Phi) is 5.21. The summed E-state index contributed by atoms with van der Waals surface area (Å²) in [7, 11) is 3.38.